The Hall–Kier alpha value is -2.94. The Kier molecular flexibility index (Phi) is 6.88. The molecule has 1 aliphatic heterocycles. The number of benzene rings is 2. The molecule has 9 nitrogen and oxygen atoms in total. The molecule has 0 saturated carbocycles. The van der Waals surface area contributed by atoms with Crippen molar-refractivity contribution in [3.63, 3.8) is 0 Å². The van der Waals surface area contributed by atoms with E-state index in [0.29, 0.717) is 29.8 Å². The van der Waals surface area contributed by atoms with E-state index in [9.17, 15) is 26.9 Å². The number of nitrogens with one attached hydrogen (secondary N) is 2. The van der Waals surface area contributed by atoms with Crippen LogP contribution in [0.25, 0.3) is 0 Å². The van der Waals surface area contributed by atoms with E-state index < -0.39 is 20.0 Å². The van der Waals surface area contributed by atoms with Crippen molar-refractivity contribution in [2.75, 3.05) is 29.4 Å². The lowest BCUT2D eigenvalue weighted by Gasteiger charge is -2.30. The number of carbonyl (C=O) groups excluding carboxylic acids is 1. The summed E-state index contributed by atoms with van der Waals surface area (Å²) in [4.78, 5) is 12.7. The molecule has 0 unspecified atom stereocenters. The quantitative estimate of drug-likeness (QED) is 0.656. The van der Waals surface area contributed by atoms with Gasteiger partial charge in [0.2, 0.25) is 26.0 Å². The molecule has 1 amide bonds. The van der Waals surface area contributed by atoms with Crippen LogP contribution in [0.3, 0.4) is 0 Å². The lowest BCUT2D eigenvalue weighted by Crippen LogP contribution is -2.41. The number of amides is 1. The molecule has 3 rings (SSSR count). The maximum atomic E-state index is 12.9. The number of hydrogen-bond acceptors (Lipinski definition) is 6. The minimum Gasteiger partial charge on any atom is -0.326 e. The van der Waals surface area contributed by atoms with Gasteiger partial charge in [0.05, 0.1) is 22.4 Å². The fourth-order valence-corrected chi connectivity index (χ4v) is 5.77. The summed E-state index contributed by atoms with van der Waals surface area (Å²) in [6.45, 7) is 2.07. The van der Waals surface area contributed by atoms with E-state index >= 15 is 0 Å². The Labute approximate surface area is 188 Å². The zero-order valence-electron chi connectivity index (χ0n) is 17.7. The molecule has 11 heteroatoms. The topological polar surface area (TPSA) is 136 Å². The zero-order valence-corrected chi connectivity index (χ0v) is 19.3. The number of aryl methyl sites for hydroxylation is 1. The van der Waals surface area contributed by atoms with Crippen molar-refractivity contribution in [1.82, 2.24) is 4.31 Å². The third-order valence-electron chi connectivity index (χ3n) is 5.25. The second-order valence-corrected chi connectivity index (χ2v) is 11.3. The van der Waals surface area contributed by atoms with Gasteiger partial charge in [-0.1, -0.05) is 18.2 Å². The van der Waals surface area contributed by atoms with Crippen LogP contribution < -0.4 is 10.0 Å². The van der Waals surface area contributed by atoms with Gasteiger partial charge in [-0.3, -0.25) is 9.52 Å². The van der Waals surface area contributed by atoms with Crippen LogP contribution in [-0.4, -0.2) is 46.4 Å². The van der Waals surface area contributed by atoms with E-state index in [0.717, 1.165) is 6.26 Å². The number of sulfonamides is 2. The fraction of sp³-hybridized carbons (Fsp3) is 0.333. The third-order valence-corrected chi connectivity index (χ3v) is 7.80. The number of anilines is 2. The van der Waals surface area contributed by atoms with Crippen LogP contribution in [0, 0.1) is 24.2 Å². The molecular weight excluding hydrogens is 452 g/mol. The van der Waals surface area contributed by atoms with E-state index in [1.165, 1.54) is 16.4 Å². The van der Waals surface area contributed by atoms with Crippen molar-refractivity contribution in [2.24, 2.45) is 5.92 Å². The molecule has 1 saturated heterocycles. The first kappa shape index (κ1) is 23.7. The molecule has 2 N–H and O–H groups in total. The minimum atomic E-state index is -3.83. The Bertz CT molecular complexity index is 1280. The molecule has 0 bridgehead atoms. The van der Waals surface area contributed by atoms with E-state index in [1.54, 1.807) is 37.3 Å². The predicted molar refractivity (Wildman–Crippen MR) is 121 cm³/mol. The Morgan fingerprint density at radius 2 is 1.75 bits per heavy atom. The molecule has 2 aromatic carbocycles. The van der Waals surface area contributed by atoms with E-state index in [2.05, 4.69) is 10.0 Å². The van der Waals surface area contributed by atoms with Gasteiger partial charge in [0.1, 0.15) is 6.07 Å². The summed E-state index contributed by atoms with van der Waals surface area (Å²) in [6, 6.07) is 12.9. The molecule has 1 heterocycles. The summed E-state index contributed by atoms with van der Waals surface area (Å²) >= 11 is 0. The minimum absolute atomic E-state index is 0.0315. The first-order valence-corrected chi connectivity index (χ1v) is 13.2. The summed E-state index contributed by atoms with van der Waals surface area (Å²) < 4.78 is 52.6. The largest absolute Gasteiger partial charge is 0.326 e. The standard InChI is InChI=1S/C21H24N4O5S2/c1-15-7-8-18(13-19(15)24-31(2,27)28)23-21(26)16-9-11-25(12-10-16)32(29,30)20-6-4-3-5-17(20)14-22/h3-8,13,16,24H,9-12H2,1-2H3,(H,23,26). The van der Waals surface area contributed by atoms with Crippen molar-refractivity contribution < 1.29 is 21.6 Å². The number of carbonyl (C=O) groups is 1. The molecule has 170 valence electrons. The van der Waals surface area contributed by atoms with Gasteiger partial charge in [0, 0.05) is 24.7 Å². The molecule has 0 atom stereocenters. The normalized spacial score (nSPS) is 15.7. The summed E-state index contributed by atoms with van der Waals surface area (Å²) in [5.41, 5.74) is 1.63. The number of piperidine rings is 1. The maximum Gasteiger partial charge on any atom is 0.244 e. The highest BCUT2D eigenvalue weighted by Gasteiger charge is 2.33. The average molecular weight is 477 g/mol. The first-order valence-electron chi connectivity index (χ1n) is 9.90. The number of rotatable bonds is 6. The Morgan fingerprint density at radius 3 is 2.38 bits per heavy atom. The zero-order chi connectivity index (χ0) is 23.5. The SMILES string of the molecule is Cc1ccc(NC(=O)C2CCN(S(=O)(=O)c3ccccc3C#N)CC2)cc1NS(C)(=O)=O. The Balaban J connectivity index is 1.66. The molecule has 1 aliphatic rings. The number of hydrogen-bond donors (Lipinski definition) is 2. The summed E-state index contributed by atoms with van der Waals surface area (Å²) in [6.07, 6.45) is 1.72. The van der Waals surface area contributed by atoms with Gasteiger partial charge in [-0.05, 0) is 49.6 Å². The van der Waals surface area contributed by atoms with Crippen LogP contribution in [-0.2, 0) is 24.8 Å². The predicted octanol–water partition coefficient (Wildman–Crippen LogP) is 2.28. The second-order valence-electron chi connectivity index (χ2n) is 7.68. The molecule has 2 aromatic rings. The van der Waals surface area contributed by atoms with Gasteiger partial charge >= 0.3 is 0 Å². The van der Waals surface area contributed by atoms with Gasteiger partial charge in [-0.25, -0.2) is 16.8 Å². The third kappa shape index (κ3) is 5.45. The van der Waals surface area contributed by atoms with Crippen LogP contribution in [0.15, 0.2) is 47.4 Å². The lowest BCUT2D eigenvalue weighted by atomic mass is 9.97. The van der Waals surface area contributed by atoms with Crippen molar-refractivity contribution in [3.05, 3.63) is 53.6 Å². The highest BCUT2D eigenvalue weighted by atomic mass is 32.2. The molecule has 0 aromatic heterocycles. The van der Waals surface area contributed by atoms with Crippen LogP contribution in [0.5, 0.6) is 0 Å². The second kappa shape index (κ2) is 9.28. The van der Waals surface area contributed by atoms with Gasteiger partial charge in [-0.15, -0.1) is 0 Å². The van der Waals surface area contributed by atoms with Crippen LogP contribution >= 0.6 is 0 Å². The van der Waals surface area contributed by atoms with Crippen LogP contribution in [0.4, 0.5) is 11.4 Å². The average Bonchev–Trinajstić information content (AvgIpc) is 2.75. The molecule has 0 radical (unpaired) electrons. The smallest absolute Gasteiger partial charge is 0.244 e. The van der Waals surface area contributed by atoms with E-state index in [4.69, 9.17) is 0 Å². The van der Waals surface area contributed by atoms with Gasteiger partial charge < -0.3 is 5.32 Å². The van der Waals surface area contributed by atoms with Gasteiger partial charge in [0.15, 0.2) is 0 Å². The van der Waals surface area contributed by atoms with E-state index in [1.807, 2.05) is 6.07 Å². The summed E-state index contributed by atoms with van der Waals surface area (Å²) in [5, 5.41) is 12.0. The first-order chi connectivity index (χ1) is 15.0. The molecule has 1 fully saturated rings. The highest BCUT2D eigenvalue weighted by Crippen LogP contribution is 2.27. The highest BCUT2D eigenvalue weighted by molar-refractivity contribution is 7.92. The van der Waals surface area contributed by atoms with E-state index in [-0.39, 0.29) is 35.4 Å². The molecule has 0 spiro atoms. The van der Waals surface area contributed by atoms with Crippen molar-refractivity contribution in [2.45, 2.75) is 24.7 Å². The molecule has 32 heavy (non-hydrogen) atoms. The van der Waals surface area contributed by atoms with Gasteiger partial charge in [-0.2, -0.15) is 9.57 Å². The van der Waals surface area contributed by atoms with Crippen molar-refractivity contribution in [1.29, 1.82) is 5.26 Å². The number of nitrogens with zero attached hydrogens (tertiary/aromatic N) is 2. The summed E-state index contributed by atoms with van der Waals surface area (Å²) in [7, 11) is -7.29. The van der Waals surface area contributed by atoms with Gasteiger partial charge in [0.25, 0.3) is 0 Å². The lowest BCUT2D eigenvalue weighted by molar-refractivity contribution is -0.120. The molecule has 0 aliphatic carbocycles. The summed E-state index contributed by atoms with van der Waals surface area (Å²) in [5.74, 6) is -0.645. The monoisotopic (exact) mass is 476 g/mol. The van der Waals surface area contributed by atoms with Crippen LogP contribution in [0.2, 0.25) is 0 Å². The van der Waals surface area contributed by atoms with Crippen molar-refractivity contribution >= 4 is 37.3 Å². The van der Waals surface area contributed by atoms with Crippen LogP contribution in [0.1, 0.15) is 24.0 Å². The molecular formula is C21H24N4O5S2. The Morgan fingerprint density at radius 1 is 1.09 bits per heavy atom. The van der Waals surface area contributed by atoms with Crippen molar-refractivity contribution in [3.8, 4) is 6.07 Å². The number of nitriles is 1. The maximum absolute atomic E-state index is 12.9. The fourth-order valence-electron chi connectivity index (χ4n) is 3.54.